The molecule has 1 aromatic carbocycles. The summed E-state index contributed by atoms with van der Waals surface area (Å²) in [5.74, 6) is 1.13. The van der Waals surface area contributed by atoms with Crippen LogP contribution in [0.5, 0.6) is 0 Å². The second-order valence-electron chi connectivity index (χ2n) is 7.08. The number of nitrogens with zero attached hydrogens (tertiary/aromatic N) is 5. The maximum Gasteiger partial charge on any atom is 0.227 e. The Kier molecular flexibility index (Phi) is 5.53. The van der Waals surface area contributed by atoms with Gasteiger partial charge < -0.3 is 19.9 Å². The summed E-state index contributed by atoms with van der Waals surface area (Å²) in [6.45, 7) is 4.54. The SMILES string of the molecule is N#Cc1cc(F)cc(N2CCCC(Nc3ccnc(N4CCOCC4)n3)C2)c1. The van der Waals surface area contributed by atoms with E-state index in [1.807, 2.05) is 12.1 Å². The van der Waals surface area contributed by atoms with Gasteiger partial charge in [0, 0.05) is 44.1 Å². The molecule has 2 aromatic rings. The Hall–Kier alpha value is -2.92. The predicted molar refractivity (Wildman–Crippen MR) is 105 cm³/mol. The van der Waals surface area contributed by atoms with Gasteiger partial charge in [0.05, 0.1) is 24.8 Å². The molecule has 0 spiro atoms. The first kappa shape index (κ1) is 18.4. The lowest BCUT2D eigenvalue weighted by atomic mass is 10.0. The maximum absolute atomic E-state index is 13.8. The molecule has 1 aromatic heterocycles. The third kappa shape index (κ3) is 4.31. The molecule has 2 aliphatic heterocycles. The highest BCUT2D eigenvalue weighted by Crippen LogP contribution is 2.24. The van der Waals surface area contributed by atoms with Gasteiger partial charge in [0.25, 0.3) is 0 Å². The van der Waals surface area contributed by atoms with Gasteiger partial charge in [0.2, 0.25) is 5.95 Å². The highest BCUT2D eigenvalue weighted by Gasteiger charge is 2.22. The number of hydrogen-bond donors (Lipinski definition) is 1. The third-order valence-corrected chi connectivity index (χ3v) is 5.09. The fraction of sp³-hybridized carbons (Fsp3) is 0.450. The van der Waals surface area contributed by atoms with E-state index in [1.165, 1.54) is 12.1 Å². The van der Waals surface area contributed by atoms with Gasteiger partial charge in [-0.25, -0.2) is 9.37 Å². The molecule has 2 fully saturated rings. The van der Waals surface area contributed by atoms with Crippen molar-refractivity contribution in [1.29, 1.82) is 5.26 Å². The molecule has 2 saturated heterocycles. The van der Waals surface area contributed by atoms with Crippen molar-refractivity contribution >= 4 is 17.5 Å². The zero-order chi connectivity index (χ0) is 19.3. The standard InChI is InChI=1S/C20H23FN6O/c21-16-10-15(13-22)11-18(12-16)27-5-1-2-17(14-27)24-19-3-4-23-20(25-19)26-6-8-28-9-7-26/h3-4,10-12,17H,1-2,5-9,14H2,(H,23,24,25). The molecule has 4 rings (SSSR count). The van der Waals surface area contributed by atoms with Crippen molar-refractivity contribution in [3.63, 3.8) is 0 Å². The lowest BCUT2D eigenvalue weighted by molar-refractivity contribution is 0.122. The third-order valence-electron chi connectivity index (χ3n) is 5.09. The first-order chi connectivity index (χ1) is 13.7. The molecular formula is C20H23FN6O. The highest BCUT2D eigenvalue weighted by atomic mass is 19.1. The lowest BCUT2D eigenvalue weighted by Gasteiger charge is -2.35. The number of rotatable bonds is 4. The quantitative estimate of drug-likeness (QED) is 0.870. The van der Waals surface area contributed by atoms with Gasteiger partial charge in [-0.05, 0) is 37.1 Å². The molecular weight excluding hydrogens is 359 g/mol. The van der Waals surface area contributed by atoms with Crippen molar-refractivity contribution in [3.05, 3.63) is 41.8 Å². The zero-order valence-corrected chi connectivity index (χ0v) is 15.6. The Morgan fingerprint density at radius 2 is 2.04 bits per heavy atom. The van der Waals surface area contributed by atoms with Crippen LogP contribution in [0, 0.1) is 17.1 Å². The number of nitriles is 1. The van der Waals surface area contributed by atoms with Crippen LogP contribution in [0.3, 0.4) is 0 Å². The van der Waals surface area contributed by atoms with Crippen LogP contribution in [0.4, 0.5) is 21.8 Å². The van der Waals surface area contributed by atoms with E-state index < -0.39 is 0 Å². The van der Waals surface area contributed by atoms with Crippen LogP contribution in [0.15, 0.2) is 30.5 Å². The van der Waals surface area contributed by atoms with Gasteiger partial charge in [-0.1, -0.05) is 0 Å². The maximum atomic E-state index is 13.8. The number of aromatic nitrogens is 2. The Morgan fingerprint density at radius 3 is 2.86 bits per heavy atom. The summed E-state index contributed by atoms with van der Waals surface area (Å²) in [5.41, 5.74) is 1.09. The second kappa shape index (κ2) is 8.40. The molecule has 0 bridgehead atoms. The summed E-state index contributed by atoms with van der Waals surface area (Å²) in [4.78, 5) is 13.3. The first-order valence-electron chi connectivity index (χ1n) is 9.59. The van der Waals surface area contributed by atoms with Crippen molar-refractivity contribution < 1.29 is 9.13 Å². The molecule has 0 saturated carbocycles. The van der Waals surface area contributed by atoms with E-state index in [-0.39, 0.29) is 11.9 Å². The van der Waals surface area contributed by atoms with Crippen LogP contribution in [-0.4, -0.2) is 55.4 Å². The van der Waals surface area contributed by atoms with Crippen molar-refractivity contribution in [2.45, 2.75) is 18.9 Å². The van der Waals surface area contributed by atoms with Gasteiger partial charge in [-0.3, -0.25) is 0 Å². The topological polar surface area (TPSA) is 77.3 Å². The Balaban J connectivity index is 1.44. The van der Waals surface area contributed by atoms with Gasteiger partial charge in [-0.15, -0.1) is 0 Å². The van der Waals surface area contributed by atoms with E-state index in [9.17, 15) is 4.39 Å². The monoisotopic (exact) mass is 382 g/mol. The van der Waals surface area contributed by atoms with E-state index in [0.29, 0.717) is 24.7 Å². The average molecular weight is 382 g/mol. The number of ether oxygens (including phenoxy) is 1. The normalized spacial score (nSPS) is 19.9. The number of piperidine rings is 1. The fourth-order valence-electron chi connectivity index (χ4n) is 3.70. The Bertz CT molecular complexity index is 864. The first-order valence-corrected chi connectivity index (χ1v) is 9.59. The Morgan fingerprint density at radius 1 is 1.18 bits per heavy atom. The molecule has 0 radical (unpaired) electrons. The second-order valence-corrected chi connectivity index (χ2v) is 7.08. The largest absolute Gasteiger partial charge is 0.378 e. The van der Waals surface area contributed by atoms with Gasteiger partial charge in [-0.2, -0.15) is 10.2 Å². The van der Waals surface area contributed by atoms with Crippen molar-refractivity contribution in [3.8, 4) is 6.07 Å². The van der Waals surface area contributed by atoms with E-state index in [2.05, 4.69) is 25.1 Å². The van der Waals surface area contributed by atoms with Gasteiger partial charge in [0.15, 0.2) is 0 Å². The highest BCUT2D eigenvalue weighted by molar-refractivity contribution is 5.53. The van der Waals surface area contributed by atoms with E-state index in [0.717, 1.165) is 50.5 Å². The van der Waals surface area contributed by atoms with E-state index in [1.54, 1.807) is 12.3 Å². The molecule has 2 aliphatic rings. The number of halogens is 1. The molecule has 146 valence electrons. The van der Waals surface area contributed by atoms with Crippen LogP contribution < -0.4 is 15.1 Å². The van der Waals surface area contributed by atoms with E-state index in [4.69, 9.17) is 10.00 Å². The average Bonchev–Trinajstić information content (AvgIpc) is 2.74. The summed E-state index contributed by atoms with van der Waals surface area (Å²) in [7, 11) is 0. The number of morpholine rings is 1. The number of benzene rings is 1. The van der Waals surface area contributed by atoms with Crippen molar-refractivity contribution in [2.75, 3.05) is 54.5 Å². The summed E-state index contributed by atoms with van der Waals surface area (Å²) in [6, 6.07) is 8.58. The number of nitrogens with one attached hydrogen (secondary N) is 1. The van der Waals surface area contributed by atoms with Gasteiger partial charge in [0.1, 0.15) is 11.6 Å². The summed E-state index contributed by atoms with van der Waals surface area (Å²) >= 11 is 0. The Labute approximate surface area is 163 Å². The van der Waals surface area contributed by atoms with Crippen molar-refractivity contribution in [2.24, 2.45) is 0 Å². The summed E-state index contributed by atoms with van der Waals surface area (Å²) < 4.78 is 19.2. The molecule has 8 heteroatoms. The molecule has 0 amide bonds. The molecule has 1 unspecified atom stereocenters. The lowest BCUT2D eigenvalue weighted by Crippen LogP contribution is -2.42. The minimum atomic E-state index is -0.380. The van der Waals surface area contributed by atoms with Gasteiger partial charge >= 0.3 is 0 Å². The van der Waals surface area contributed by atoms with Crippen LogP contribution in [-0.2, 0) is 4.74 Å². The smallest absolute Gasteiger partial charge is 0.227 e. The van der Waals surface area contributed by atoms with Crippen LogP contribution in [0.2, 0.25) is 0 Å². The van der Waals surface area contributed by atoms with Crippen molar-refractivity contribution in [1.82, 2.24) is 9.97 Å². The molecule has 0 aliphatic carbocycles. The van der Waals surface area contributed by atoms with E-state index >= 15 is 0 Å². The molecule has 7 nitrogen and oxygen atoms in total. The summed E-state index contributed by atoms with van der Waals surface area (Å²) in [5, 5.41) is 12.6. The predicted octanol–water partition coefficient (Wildman–Crippen LogP) is 2.40. The molecule has 3 heterocycles. The van der Waals surface area contributed by atoms with Crippen LogP contribution >= 0.6 is 0 Å². The molecule has 28 heavy (non-hydrogen) atoms. The fourth-order valence-corrected chi connectivity index (χ4v) is 3.70. The van der Waals surface area contributed by atoms with Crippen LogP contribution in [0.1, 0.15) is 18.4 Å². The number of hydrogen-bond acceptors (Lipinski definition) is 7. The molecule has 1 atom stereocenters. The number of anilines is 3. The zero-order valence-electron chi connectivity index (χ0n) is 15.6. The minimum Gasteiger partial charge on any atom is -0.378 e. The minimum absolute atomic E-state index is 0.190. The summed E-state index contributed by atoms with van der Waals surface area (Å²) in [6.07, 6.45) is 3.76. The molecule has 1 N–H and O–H groups in total. The van der Waals surface area contributed by atoms with Crippen LogP contribution in [0.25, 0.3) is 0 Å².